The summed E-state index contributed by atoms with van der Waals surface area (Å²) >= 11 is 6.59. The third-order valence-electron chi connectivity index (χ3n) is 3.81. The number of thioether (sulfide) groups is 2. The summed E-state index contributed by atoms with van der Waals surface area (Å²) in [5.41, 5.74) is 2.26. The van der Waals surface area contributed by atoms with Gasteiger partial charge in [-0.15, -0.1) is 0 Å². The second-order valence-corrected chi connectivity index (χ2v) is 8.80. The number of rotatable bonds is 6. The quantitative estimate of drug-likeness (QED) is 0.623. The molecular formula is C19H19BrN2O2S2. The fourth-order valence-electron chi connectivity index (χ4n) is 2.28. The number of hydrogen-bond donors (Lipinski definition) is 0. The SMILES string of the molecule is CN(CCOc1ccc(Br)cc1)C(=O)CSC1=Nc2ccccc2CS1. The van der Waals surface area contributed by atoms with E-state index in [1.807, 2.05) is 42.5 Å². The molecule has 1 heterocycles. The van der Waals surface area contributed by atoms with Gasteiger partial charge >= 0.3 is 0 Å². The lowest BCUT2D eigenvalue weighted by molar-refractivity contribution is -0.127. The highest BCUT2D eigenvalue weighted by Gasteiger charge is 2.15. The lowest BCUT2D eigenvalue weighted by Crippen LogP contribution is -2.32. The zero-order valence-corrected chi connectivity index (χ0v) is 17.6. The van der Waals surface area contributed by atoms with Gasteiger partial charge in [0.1, 0.15) is 16.7 Å². The van der Waals surface area contributed by atoms with Crippen molar-refractivity contribution >= 4 is 55.4 Å². The predicted octanol–water partition coefficient (Wildman–Crippen LogP) is 4.95. The smallest absolute Gasteiger partial charge is 0.232 e. The minimum atomic E-state index is 0.0802. The third kappa shape index (κ3) is 5.53. The number of nitrogens with zero attached hydrogens (tertiary/aromatic N) is 2. The molecule has 0 aliphatic carbocycles. The lowest BCUT2D eigenvalue weighted by Gasteiger charge is -2.18. The Morgan fingerprint density at radius 1 is 1.27 bits per heavy atom. The van der Waals surface area contributed by atoms with Gasteiger partial charge in [0.05, 0.1) is 18.0 Å². The summed E-state index contributed by atoms with van der Waals surface area (Å²) in [4.78, 5) is 18.6. The summed E-state index contributed by atoms with van der Waals surface area (Å²) in [5, 5.41) is 0. The summed E-state index contributed by atoms with van der Waals surface area (Å²) in [5.74, 6) is 2.18. The largest absolute Gasteiger partial charge is 0.492 e. The van der Waals surface area contributed by atoms with E-state index in [-0.39, 0.29) is 5.91 Å². The number of carbonyl (C=O) groups is 1. The summed E-state index contributed by atoms with van der Waals surface area (Å²) in [6.45, 7) is 1.02. The van der Waals surface area contributed by atoms with E-state index in [1.54, 1.807) is 23.7 Å². The zero-order valence-electron chi connectivity index (χ0n) is 14.4. The molecule has 0 atom stereocenters. The van der Waals surface area contributed by atoms with Gasteiger partial charge in [-0.25, -0.2) is 4.99 Å². The first-order chi connectivity index (χ1) is 12.6. The number of amides is 1. The number of carbonyl (C=O) groups excluding carboxylic acids is 1. The van der Waals surface area contributed by atoms with E-state index in [9.17, 15) is 4.79 Å². The molecule has 1 aliphatic heterocycles. The van der Waals surface area contributed by atoms with E-state index in [0.29, 0.717) is 18.9 Å². The Morgan fingerprint density at radius 2 is 2.04 bits per heavy atom. The maximum absolute atomic E-state index is 12.3. The standard InChI is InChI=1S/C19H19BrN2O2S2/c1-22(10-11-24-16-8-6-15(20)7-9-16)18(23)13-26-19-21-17-5-3-2-4-14(17)12-25-19/h2-9H,10-13H2,1H3. The average molecular weight is 451 g/mol. The van der Waals surface area contributed by atoms with Gasteiger partial charge in [-0.1, -0.05) is 57.7 Å². The molecule has 1 amide bonds. The molecule has 3 rings (SSSR count). The monoisotopic (exact) mass is 450 g/mol. The molecule has 2 aromatic carbocycles. The first kappa shape index (κ1) is 19.3. The third-order valence-corrected chi connectivity index (χ3v) is 6.57. The first-order valence-electron chi connectivity index (χ1n) is 8.16. The van der Waals surface area contributed by atoms with E-state index in [1.165, 1.54) is 17.3 Å². The number of para-hydroxylation sites is 1. The van der Waals surface area contributed by atoms with Crippen LogP contribution >= 0.6 is 39.5 Å². The van der Waals surface area contributed by atoms with Gasteiger partial charge in [-0.3, -0.25) is 4.79 Å². The highest BCUT2D eigenvalue weighted by Crippen LogP contribution is 2.34. The molecule has 0 spiro atoms. The fraction of sp³-hybridized carbons (Fsp3) is 0.263. The molecular weight excluding hydrogens is 432 g/mol. The maximum Gasteiger partial charge on any atom is 0.232 e. The number of fused-ring (bicyclic) bond motifs is 1. The van der Waals surface area contributed by atoms with Crippen molar-refractivity contribution in [1.29, 1.82) is 0 Å². The predicted molar refractivity (Wildman–Crippen MR) is 115 cm³/mol. The van der Waals surface area contributed by atoms with Gasteiger partial charge in [-0.2, -0.15) is 0 Å². The zero-order chi connectivity index (χ0) is 18.4. The van der Waals surface area contributed by atoms with Crippen molar-refractivity contribution in [2.45, 2.75) is 5.75 Å². The molecule has 0 N–H and O–H groups in total. The van der Waals surface area contributed by atoms with Crippen LogP contribution in [0.4, 0.5) is 5.69 Å². The Kier molecular flexibility index (Phi) is 7.05. The average Bonchev–Trinajstić information content (AvgIpc) is 2.67. The van der Waals surface area contributed by atoms with E-state index >= 15 is 0 Å². The minimum Gasteiger partial charge on any atom is -0.492 e. The molecule has 4 nitrogen and oxygen atoms in total. The van der Waals surface area contributed by atoms with Crippen LogP contribution in [0.25, 0.3) is 0 Å². The van der Waals surface area contributed by atoms with Crippen LogP contribution in [0.5, 0.6) is 5.75 Å². The fourth-order valence-corrected chi connectivity index (χ4v) is 4.54. The number of likely N-dealkylation sites (N-methyl/N-ethyl adjacent to an activating group) is 1. The summed E-state index contributed by atoms with van der Waals surface area (Å²) in [6.07, 6.45) is 0. The number of halogens is 1. The van der Waals surface area contributed by atoms with Crippen LogP contribution in [0.1, 0.15) is 5.56 Å². The maximum atomic E-state index is 12.3. The Balaban J connectivity index is 1.42. The van der Waals surface area contributed by atoms with Crippen LogP contribution in [0.3, 0.4) is 0 Å². The molecule has 2 aromatic rings. The second kappa shape index (κ2) is 9.48. The van der Waals surface area contributed by atoms with Crippen molar-refractivity contribution in [3.05, 3.63) is 58.6 Å². The van der Waals surface area contributed by atoms with Crippen molar-refractivity contribution in [3.8, 4) is 5.75 Å². The topological polar surface area (TPSA) is 41.9 Å². The van der Waals surface area contributed by atoms with Crippen molar-refractivity contribution in [3.63, 3.8) is 0 Å². The number of benzene rings is 2. The molecule has 7 heteroatoms. The number of hydrogen-bond acceptors (Lipinski definition) is 5. The van der Waals surface area contributed by atoms with Crippen LogP contribution in [0, 0.1) is 0 Å². The van der Waals surface area contributed by atoms with Crippen LogP contribution in [0.15, 0.2) is 58.0 Å². The molecule has 0 unspecified atom stereocenters. The Bertz CT molecular complexity index is 796. The van der Waals surface area contributed by atoms with Crippen LogP contribution in [-0.2, 0) is 10.5 Å². The Hall–Kier alpha value is -1.44. The Morgan fingerprint density at radius 3 is 2.85 bits per heavy atom. The number of aliphatic imine (C=N–C) groups is 1. The lowest BCUT2D eigenvalue weighted by atomic mass is 10.2. The molecule has 136 valence electrons. The van der Waals surface area contributed by atoms with Crippen molar-refractivity contribution < 1.29 is 9.53 Å². The van der Waals surface area contributed by atoms with E-state index in [0.717, 1.165) is 26.0 Å². The summed E-state index contributed by atoms with van der Waals surface area (Å²) in [6, 6.07) is 15.8. The molecule has 0 aromatic heterocycles. The first-order valence-corrected chi connectivity index (χ1v) is 10.9. The molecule has 0 radical (unpaired) electrons. The van der Waals surface area contributed by atoms with E-state index in [4.69, 9.17) is 4.74 Å². The van der Waals surface area contributed by atoms with Crippen molar-refractivity contribution in [2.24, 2.45) is 4.99 Å². The normalized spacial score (nSPS) is 12.9. The Labute approximate surface area is 170 Å². The molecule has 26 heavy (non-hydrogen) atoms. The van der Waals surface area contributed by atoms with E-state index in [2.05, 4.69) is 27.0 Å². The highest BCUT2D eigenvalue weighted by atomic mass is 79.9. The van der Waals surface area contributed by atoms with Crippen molar-refractivity contribution in [2.75, 3.05) is 26.0 Å². The molecule has 0 fully saturated rings. The van der Waals surface area contributed by atoms with E-state index < -0.39 is 0 Å². The van der Waals surface area contributed by atoms with Gasteiger partial charge in [0.15, 0.2) is 0 Å². The van der Waals surface area contributed by atoms with Gasteiger partial charge < -0.3 is 9.64 Å². The minimum absolute atomic E-state index is 0.0802. The molecule has 1 aliphatic rings. The summed E-state index contributed by atoms with van der Waals surface area (Å²) < 4.78 is 7.64. The molecule has 0 saturated carbocycles. The van der Waals surface area contributed by atoms with Gasteiger partial charge in [0, 0.05) is 17.3 Å². The second-order valence-electron chi connectivity index (χ2n) is 5.70. The van der Waals surface area contributed by atoms with Gasteiger partial charge in [0.25, 0.3) is 0 Å². The van der Waals surface area contributed by atoms with Crippen LogP contribution in [-0.4, -0.2) is 41.1 Å². The van der Waals surface area contributed by atoms with Crippen LogP contribution in [0.2, 0.25) is 0 Å². The van der Waals surface area contributed by atoms with Crippen LogP contribution < -0.4 is 4.74 Å². The highest BCUT2D eigenvalue weighted by molar-refractivity contribution is 9.10. The van der Waals surface area contributed by atoms with Gasteiger partial charge in [0.2, 0.25) is 5.91 Å². The van der Waals surface area contributed by atoms with Gasteiger partial charge in [-0.05, 0) is 35.9 Å². The van der Waals surface area contributed by atoms with Crippen molar-refractivity contribution in [1.82, 2.24) is 4.90 Å². The number of ether oxygens (including phenoxy) is 1. The molecule has 0 saturated heterocycles. The summed E-state index contributed by atoms with van der Waals surface area (Å²) in [7, 11) is 1.80. The molecule has 0 bridgehead atoms.